The summed E-state index contributed by atoms with van der Waals surface area (Å²) in [4.78, 5) is 27.8. The molecule has 7 heteroatoms. The molecular weight excluding hydrogens is 392 g/mol. The first-order valence-electron chi connectivity index (χ1n) is 10.5. The molecule has 0 aromatic heterocycles. The quantitative estimate of drug-likeness (QED) is 0.423. The number of hydrogen-bond donors (Lipinski definition) is 1. The third kappa shape index (κ3) is 5.23. The third-order valence-electron chi connectivity index (χ3n) is 5.54. The van der Waals surface area contributed by atoms with Crippen molar-refractivity contribution in [3.8, 4) is 0 Å². The van der Waals surface area contributed by atoms with Gasteiger partial charge in [-0.1, -0.05) is 39.0 Å². The van der Waals surface area contributed by atoms with Gasteiger partial charge in [0.05, 0.1) is 4.92 Å². The molecule has 31 heavy (non-hydrogen) atoms. The molecule has 1 fully saturated rings. The number of amides is 1. The fraction of sp³-hybridized carbons (Fsp3) is 0.375. The molecule has 0 spiro atoms. The molecule has 0 saturated carbocycles. The Kier molecular flexibility index (Phi) is 6.63. The van der Waals surface area contributed by atoms with Crippen molar-refractivity contribution in [2.75, 3.05) is 42.9 Å². The van der Waals surface area contributed by atoms with Crippen molar-refractivity contribution < 1.29 is 9.72 Å². The molecule has 0 atom stereocenters. The molecule has 0 bridgehead atoms. The molecule has 7 nitrogen and oxygen atoms in total. The predicted octanol–water partition coefficient (Wildman–Crippen LogP) is 4.45. The van der Waals surface area contributed by atoms with Crippen LogP contribution in [0, 0.1) is 10.1 Å². The summed E-state index contributed by atoms with van der Waals surface area (Å²) >= 11 is 0. The summed E-state index contributed by atoms with van der Waals surface area (Å²) in [5, 5.41) is 14.3. The fourth-order valence-electron chi connectivity index (χ4n) is 3.67. The van der Waals surface area contributed by atoms with E-state index in [2.05, 4.69) is 37.6 Å². The highest BCUT2D eigenvalue weighted by atomic mass is 16.6. The average Bonchev–Trinajstić information content (AvgIpc) is 2.76. The number of benzene rings is 2. The van der Waals surface area contributed by atoms with Gasteiger partial charge in [0, 0.05) is 50.0 Å². The molecule has 0 radical (unpaired) electrons. The van der Waals surface area contributed by atoms with E-state index in [1.54, 1.807) is 18.2 Å². The molecule has 0 unspecified atom stereocenters. The van der Waals surface area contributed by atoms with Crippen LogP contribution in [0.25, 0.3) is 0 Å². The van der Waals surface area contributed by atoms with Crippen LogP contribution in [0.3, 0.4) is 0 Å². The molecular formula is C24H30N4O3. The van der Waals surface area contributed by atoms with Crippen molar-refractivity contribution in [3.63, 3.8) is 0 Å². The van der Waals surface area contributed by atoms with Gasteiger partial charge < -0.3 is 15.1 Å². The van der Waals surface area contributed by atoms with Crippen LogP contribution < -0.4 is 10.2 Å². The minimum atomic E-state index is -0.392. The lowest BCUT2D eigenvalue weighted by atomic mass is 9.86. The number of carbonyl (C=O) groups is 1. The molecule has 1 N–H and O–H groups in total. The van der Waals surface area contributed by atoms with Crippen LogP contribution in [-0.2, 0) is 5.41 Å². The van der Waals surface area contributed by atoms with E-state index in [0.717, 1.165) is 5.69 Å². The average molecular weight is 423 g/mol. The van der Waals surface area contributed by atoms with Crippen molar-refractivity contribution in [3.05, 3.63) is 76.4 Å². The number of nitro groups is 1. The molecule has 1 saturated heterocycles. The Morgan fingerprint density at radius 2 is 1.77 bits per heavy atom. The number of rotatable bonds is 6. The minimum Gasteiger partial charge on any atom is -0.376 e. The minimum absolute atomic E-state index is 0.0390. The van der Waals surface area contributed by atoms with E-state index < -0.39 is 4.92 Å². The van der Waals surface area contributed by atoms with E-state index in [-0.39, 0.29) is 17.0 Å². The highest BCUT2D eigenvalue weighted by molar-refractivity contribution is 5.94. The van der Waals surface area contributed by atoms with Gasteiger partial charge in [-0.15, -0.1) is 6.58 Å². The fourth-order valence-corrected chi connectivity index (χ4v) is 3.67. The van der Waals surface area contributed by atoms with Crippen LogP contribution in [0.15, 0.2) is 55.1 Å². The van der Waals surface area contributed by atoms with Crippen molar-refractivity contribution >= 4 is 23.0 Å². The van der Waals surface area contributed by atoms with E-state index in [0.29, 0.717) is 44.0 Å². The lowest BCUT2D eigenvalue weighted by Gasteiger charge is -2.36. The van der Waals surface area contributed by atoms with Crippen LogP contribution in [0.2, 0.25) is 0 Å². The summed E-state index contributed by atoms with van der Waals surface area (Å²) in [5.74, 6) is 0.0390. The summed E-state index contributed by atoms with van der Waals surface area (Å²) in [6.07, 6.45) is 1.66. The van der Waals surface area contributed by atoms with Crippen molar-refractivity contribution in [1.29, 1.82) is 0 Å². The number of anilines is 2. The van der Waals surface area contributed by atoms with Gasteiger partial charge >= 0.3 is 0 Å². The van der Waals surface area contributed by atoms with Crippen molar-refractivity contribution in [2.45, 2.75) is 26.2 Å². The first kappa shape index (κ1) is 22.3. The Balaban J connectivity index is 1.67. The second-order valence-corrected chi connectivity index (χ2v) is 8.73. The van der Waals surface area contributed by atoms with E-state index >= 15 is 0 Å². The van der Waals surface area contributed by atoms with Gasteiger partial charge in [-0.05, 0) is 35.2 Å². The van der Waals surface area contributed by atoms with E-state index in [1.165, 1.54) is 11.6 Å². The van der Waals surface area contributed by atoms with Gasteiger partial charge in [-0.25, -0.2) is 0 Å². The standard InChI is InChI=1S/C24H30N4O3/c1-5-12-25-21-17-20(10-11-22(21)28(30)31)26-13-15-27(16-14-26)23(29)18-6-8-19(9-7-18)24(2,3)4/h5-11,17,25H,1,12-16H2,2-4H3. The van der Waals surface area contributed by atoms with E-state index in [9.17, 15) is 14.9 Å². The van der Waals surface area contributed by atoms with Crippen LogP contribution in [-0.4, -0.2) is 48.5 Å². The first-order valence-corrected chi connectivity index (χ1v) is 10.5. The van der Waals surface area contributed by atoms with E-state index in [4.69, 9.17) is 0 Å². The molecule has 2 aromatic carbocycles. The van der Waals surface area contributed by atoms with Crippen LogP contribution in [0.5, 0.6) is 0 Å². The smallest absolute Gasteiger partial charge is 0.292 e. The summed E-state index contributed by atoms with van der Waals surface area (Å²) in [6, 6.07) is 12.9. The van der Waals surface area contributed by atoms with Gasteiger partial charge in [0.15, 0.2) is 0 Å². The number of nitrogens with zero attached hydrogens (tertiary/aromatic N) is 3. The van der Waals surface area contributed by atoms with Crippen LogP contribution in [0.4, 0.5) is 17.1 Å². The van der Waals surface area contributed by atoms with Gasteiger partial charge in [0.1, 0.15) is 5.69 Å². The number of hydrogen-bond acceptors (Lipinski definition) is 5. The molecule has 1 aliphatic rings. The second kappa shape index (κ2) is 9.20. The van der Waals surface area contributed by atoms with Crippen molar-refractivity contribution in [1.82, 2.24) is 4.90 Å². The zero-order valence-corrected chi connectivity index (χ0v) is 18.4. The van der Waals surface area contributed by atoms with Gasteiger partial charge in [0.2, 0.25) is 0 Å². The monoisotopic (exact) mass is 422 g/mol. The van der Waals surface area contributed by atoms with Crippen molar-refractivity contribution in [2.24, 2.45) is 0 Å². The molecule has 1 heterocycles. The Morgan fingerprint density at radius 1 is 1.13 bits per heavy atom. The highest BCUT2D eigenvalue weighted by Gasteiger charge is 2.24. The third-order valence-corrected chi connectivity index (χ3v) is 5.54. The molecule has 1 aliphatic heterocycles. The second-order valence-electron chi connectivity index (χ2n) is 8.73. The van der Waals surface area contributed by atoms with Gasteiger partial charge in [0.25, 0.3) is 11.6 Å². The SMILES string of the molecule is C=CCNc1cc(N2CCN(C(=O)c3ccc(C(C)(C)C)cc3)CC2)ccc1[N+](=O)[O-]. The maximum atomic E-state index is 12.9. The highest BCUT2D eigenvalue weighted by Crippen LogP contribution is 2.30. The predicted molar refractivity (Wildman–Crippen MR) is 125 cm³/mol. The summed E-state index contributed by atoms with van der Waals surface area (Å²) in [6.45, 7) is 13.1. The maximum absolute atomic E-state index is 12.9. The number of nitrogens with one attached hydrogen (secondary N) is 1. The molecule has 164 valence electrons. The molecule has 0 aliphatic carbocycles. The molecule has 1 amide bonds. The lowest BCUT2D eigenvalue weighted by molar-refractivity contribution is -0.383. The first-order chi connectivity index (χ1) is 14.7. The summed E-state index contributed by atoms with van der Waals surface area (Å²) < 4.78 is 0. The number of piperazine rings is 1. The largest absolute Gasteiger partial charge is 0.376 e. The molecule has 2 aromatic rings. The summed E-state index contributed by atoms with van der Waals surface area (Å²) in [5.41, 5.74) is 3.37. The Morgan fingerprint density at radius 3 is 2.32 bits per heavy atom. The molecule has 3 rings (SSSR count). The Labute approximate surface area is 183 Å². The van der Waals surface area contributed by atoms with Gasteiger partial charge in [-0.3, -0.25) is 14.9 Å². The summed E-state index contributed by atoms with van der Waals surface area (Å²) in [7, 11) is 0. The maximum Gasteiger partial charge on any atom is 0.292 e. The van der Waals surface area contributed by atoms with Crippen LogP contribution in [0.1, 0.15) is 36.7 Å². The number of carbonyl (C=O) groups excluding carboxylic acids is 1. The zero-order chi connectivity index (χ0) is 22.6. The van der Waals surface area contributed by atoms with Gasteiger partial charge in [-0.2, -0.15) is 0 Å². The lowest BCUT2D eigenvalue weighted by Crippen LogP contribution is -2.48. The Bertz CT molecular complexity index is 956. The van der Waals surface area contributed by atoms with E-state index in [1.807, 2.05) is 29.2 Å². The normalized spacial score (nSPS) is 14.3. The van der Waals surface area contributed by atoms with Crippen LogP contribution >= 0.6 is 0 Å². The number of nitro benzene ring substituents is 1. The Hall–Kier alpha value is -3.35. The zero-order valence-electron chi connectivity index (χ0n) is 18.4. The topological polar surface area (TPSA) is 78.7 Å².